The van der Waals surface area contributed by atoms with Gasteiger partial charge in [-0.1, -0.05) is 205 Å². The van der Waals surface area contributed by atoms with Crippen molar-refractivity contribution in [1.29, 1.82) is 0 Å². The molecule has 0 aliphatic heterocycles. The molecule has 0 radical (unpaired) electrons. The number of hydrogen-bond acceptors (Lipinski definition) is 0. The number of hydrogen-bond donors (Lipinski definition) is 0. The summed E-state index contributed by atoms with van der Waals surface area (Å²) < 4.78 is 0. The molecule has 69 heavy (non-hydrogen) atoms. The van der Waals surface area contributed by atoms with Gasteiger partial charge in [-0.3, -0.25) is 0 Å². The lowest BCUT2D eigenvalue weighted by Crippen LogP contribution is -2.26. The molecule has 0 heteroatoms. The van der Waals surface area contributed by atoms with Gasteiger partial charge in [0.05, 0.1) is 5.41 Å². The Balaban J connectivity index is 0.970. The minimum absolute atomic E-state index is 0.0343. The van der Waals surface area contributed by atoms with Gasteiger partial charge in [0.1, 0.15) is 0 Å². The number of rotatable bonds is 2. The largest absolute Gasteiger partial charge is 0.0725 e. The summed E-state index contributed by atoms with van der Waals surface area (Å²) in [6.45, 7) is 13.9. The molecule has 2 aliphatic rings. The zero-order chi connectivity index (χ0) is 46.3. The van der Waals surface area contributed by atoms with Crippen molar-refractivity contribution in [3.05, 3.63) is 228 Å². The summed E-state index contributed by atoms with van der Waals surface area (Å²) in [5, 5.41) is 18.5. The highest BCUT2D eigenvalue weighted by Gasteiger charge is 2.52. The van der Waals surface area contributed by atoms with Crippen molar-refractivity contribution in [2.45, 2.75) is 57.8 Å². The first-order chi connectivity index (χ1) is 33.4. The van der Waals surface area contributed by atoms with Gasteiger partial charge < -0.3 is 0 Å². The van der Waals surface area contributed by atoms with Crippen LogP contribution in [0.2, 0.25) is 0 Å². The summed E-state index contributed by atoms with van der Waals surface area (Å²) >= 11 is 0. The summed E-state index contributed by atoms with van der Waals surface area (Å²) in [6.07, 6.45) is 0. The summed E-state index contributed by atoms with van der Waals surface area (Å²) in [6, 6.07) is 75.8. The highest BCUT2D eigenvalue weighted by Crippen LogP contribution is 2.64. The fraction of sp³-hybridized carbons (Fsp3) is 0.130. The highest BCUT2D eigenvalue weighted by molar-refractivity contribution is 6.27. The molecule has 326 valence electrons. The third kappa shape index (κ3) is 5.14. The lowest BCUT2D eigenvalue weighted by atomic mass is 9.70. The summed E-state index contributed by atoms with van der Waals surface area (Å²) in [5.41, 5.74) is 18.2. The molecule has 0 N–H and O–H groups in total. The molecule has 0 amide bonds. The Bertz CT molecular complexity index is 4260. The first kappa shape index (κ1) is 39.2. The Labute approximate surface area is 403 Å². The second-order valence-electron chi connectivity index (χ2n) is 22.4. The maximum absolute atomic E-state index is 2.59. The Morgan fingerprint density at radius 3 is 1.43 bits per heavy atom. The van der Waals surface area contributed by atoms with E-state index < -0.39 is 5.41 Å². The molecule has 0 saturated heterocycles. The molecule has 0 heterocycles. The van der Waals surface area contributed by atoms with E-state index in [2.05, 4.69) is 236 Å². The molecule has 13 aromatic carbocycles. The standard InChI is InChI=1S/C69H50/c1-67(2,3)48-34-45-20-18-43-32-47(33-44-19-21-46(35-48)64(45)63(43)44)41-25-28-53-57-36-42-12-11-15-49(50-27-22-39-24-30-55-58(68(4,5)6)31-26-40-23-29-54(50)65(39)66(40)55)56(42)38-62(57)69(61(53)37-41)59-16-9-7-13-51(59)52-14-8-10-17-60(52)69/h7-38H,1-6H3. The molecule has 0 nitrogen and oxygen atoms in total. The van der Waals surface area contributed by atoms with Gasteiger partial charge in [0, 0.05) is 0 Å². The molecule has 0 fully saturated rings. The van der Waals surface area contributed by atoms with Crippen LogP contribution in [0.5, 0.6) is 0 Å². The maximum atomic E-state index is 2.59. The smallest absolute Gasteiger partial charge is 0.0619 e. The van der Waals surface area contributed by atoms with Crippen molar-refractivity contribution >= 4 is 75.4 Å². The Morgan fingerprint density at radius 1 is 0.275 bits per heavy atom. The third-order valence-corrected chi connectivity index (χ3v) is 16.6. The van der Waals surface area contributed by atoms with E-state index in [1.807, 2.05) is 0 Å². The van der Waals surface area contributed by atoms with Gasteiger partial charge in [0.25, 0.3) is 0 Å². The van der Waals surface area contributed by atoms with Crippen LogP contribution >= 0.6 is 0 Å². The van der Waals surface area contributed by atoms with Crippen LogP contribution < -0.4 is 0 Å². The second-order valence-corrected chi connectivity index (χ2v) is 22.4. The molecule has 1 spiro atoms. The normalized spacial score (nSPS) is 14.1. The van der Waals surface area contributed by atoms with Crippen LogP contribution in [0, 0.1) is 0 Å². The first-order valence-corrected chi connectivity index (χ1v) is 24.8. The van der Waals surface area contributed by atoms with E-state index in [4.69, 9.17) is 0 Å². The van der Waals surface area contributed by atoms with Crippen LogP contribution in [0.15, 0.2) is 194 Å². The van der Waals surface area contributed by atoms with E-state index in [-0.39, 0.29) is 10.8 Å². The molecule has 0 bridgehead atoms. The van der Waals surface area contributed by atoms with E-state index in [9.17, 15) is 0 Å². The lowest BCUT2D eigenvalue weighted by molar-refractivity contribution is 0.591. The van der Waals surface area contributed by atoms with Crippen LogP contribution in [-0.4, -0.2) is 0 Å². The minimum Gasteiger partial charge on any atom is -0.0619 e. The predicted molar refractivity (Wildman–Crippen MR) is 296 cm³/mol. The fourth-order valence-corrected chi connectivity index (χ4v) is 13.5. The topological polar surface area (TPSA) is 0 Å². The minimum atomic E-state index is -0.498. The van der Waals surface area contributed by atoms with Crippen molar-refractivity contribution in [2.24, 2.45) is 0 Å². The molecule has 0 atom stereocenters. The van der Waals surface area contributed by atoms with Gasteiger partial charge in [-0.25, -0.2) is 0 Å². The van der Waals surface area contributed by atoms with Crippen molar-refractivity contribution in [2.75, 3.05) is 0 Å². The van der Waals surface area contributed by atoms with Crippen molar-refractivity contribution in [1.82, 2.24) is 0 Å². The van der Waals surface area contributed by atoms with Crippen molar-refractivity contribution in [3.8, 4) is 44.5 Å². The highest BCUT2D eigenvalue weighted by atomic mass is 14.5. The third-order valence-electron chi connectivity index (χ3n) is 16.6. The molecular weight excluding hydrogens is 829 g/mol. The predicted octanol–water partition coefficient (Wildman–Crippen LogP) is 18.9. The van der Waals surface area contributed by atoms with E-state index >= 15 is 0 Å². The lowest BCUT2D eigenvalue weighted by Gasteiger charge is -2.31. The number of benzene rings is 13. The summed E-state index contributed by atoms with van der Waals surface area (Å²) in [7, 11) is 0. The first-order valence-electron chi connectivity index (χ1n) is 24.8. The molecule has 2 aliphatic carbocycles. The number of fused-ring (bicyclic) bond motifs is 11. The van der Waals surface area contributed by atoms with Gasteiger partial charge in [-0.05, 0) is 194 Å². The average molecular weight is 879 g/mol. The Morgan fingerprint density at radius 2 is 0.783 bits per heavy atom. The van der Waals surface area contributed by atoms with Gasteiger partial charge in [0.15, 0.2) is 0 Å². The van der Waals surface area contributed by atoms with Crippen molar-refractivity contribution < 1.29 is 0 Å². The summed E-state index contributed by atoms with van der Waals surface area (Å²) in [5.74, 6) is 0. The van der Waals surface area contributed by atoms with Crippen molar-refractivity contribution in [3.63, 3.8) is 0 Å². The Hall–Kier alpha value is -7.80. The maximum Gasteiger partial charge on any atom is 0.0725 e. The molecule has 13 aromatic rings. The fourth-order valence-electron chi connectivity index (χ4n) is 13.5. The quantitative estimate of drug-likeness (QED) is 0.152. The molecule has 0 saturated carbocycles. The van der Waals surface area contributed by atoms with Crippen LogP contribution in [-0.2, 0) is 16.2 Å². The molecule has 15 rings (SSSR count). The van der Waals surface area contributed by atoms with Gasteiger partial charge in [-0.15, -0.1) is 0 Å². The zero-order valence-electron chi connectivity index (χ0n) is 40.0. The monoisotopic (exact) mass is 878 g/mol. The molecule has 0 unspecified atom stereocenters. The van der Waals surface area contributed by atoms with Gasteiger partial charge in [0.2, 0.25) is 0 Å². The van der Waals surface area contributed by atoms with Crippen LogP contribution in [0.3, 0.4) is 0 Å². The average Bonchev–Trinajstić information content (AvgIpc) is 3.82. The van der Waals surface area contributed by atoms with E-state index in [1.165, 1.54) is 153 Å². The van der Waals surface area contributed by atoms with Gasteiger partial charge in [-0.2, -0.15) is 0 Å². The Kier molecular flexibility index (Phi) is 7.53. The molecular formula is C69H50. The van der Waals surface area contributed by atoms with Crippen LogP contribution in [0.4, 0.5) is 0 Å². The molecule has 0 aromatic heterocycles. The zero-order valence-corrected chi connectivity index (χ0v) is 40.0. The van der Waals surface area contributed by atoms with Crippen LogP contribution in [0.1, 0.15) is 74.9 Å². The van der Waals surface area contributed by atoms with Gasteiger partial charge >= 0.3 is 0 Å². The second kappa shape index (κ2) is 13.2. The van der Waals surface area contributed by atoms with E-state index in [0.717, 1.165) is 0 Å². The van der Waals surface area contributed by atoms with Crippen LogP contribution in [0.25, 0.3) is 120 Å². The van der Waals surface area contributed by atoms with E-state index in [0.29, 0.717) is 0 Å². The summed E-state index contributed by atoms with van der Waals surface area (Å²) in [4.78, 5) is 0. The van der Waals surface area contributed by atoms with E-state index in [1.54, 1.807) is 0 Å². The SMILES string of the molecule is CC(C)(C)c1cc2ccc3cc(-c4ccc5c(c4)C4(c6ccccc6-c6ccccc64)c4cc6c(-c7ccc8ccc9c(C(C)(C)C)ccc%10ccc7c8c%109)cccc6cc4-5)cc4ccc(c1)c2c34.